The van der Waals surface area contributed by atoms with E-state index in [1.165, 1.54) is 0 Å². The third kappa shape index (κ3) is 5.38. The summed E-state index contributed by atoms with van der Waals surface area (Å²) in [6, 6.07) is 0. The van der Waals surface area contributed by atoms with Gasteiger partial charge in [-0.05, 0) is 52.0 Å². The lowest BCUT2D eigenvalue weighted by molar-refractivity contribution is -0.144. The average Bonchev–Trinajstić information content (AvgIpc) is 2.44. The van der Waals surface area contributed by atoms with Crippen LogP contribution < -0.4 is 5.32 Å². The Bertz CT molecular complexity index is 298. The van der Waals surface area contributed by atoms with Gasteiger partial charge in [-0.3, -0.25) is 4.79 Å². The lowest BCUT2D eigenvalue weighted by Crippen LogP contribution is -2.49. The van der Waals surface area contributed by atoms with Gasteiger partial charge in [0.1, 0.15) is 5.54 Å². The number of ether oxygens (including phenoxy) is 2. The van der Waals surface area contributed by atoms with E-state index in [1.807, 2.05) is 6.92 Å². The van der Waals surface area contributed by atoms with Crippen LogP contribution in [0.4, 0.5) is 0 Å². The van der Waals surface area contributed by atoms with Gasteiger partial charge in [0.05, 0.1) is 12.2 Å². The highest BCUT2D eigenvalue weighted by Gasteiger charge is 2.31. The monoisotopic (exact) mass is 287 g/mol. The third-order valence-corrected chi connectivity index (χ3v) is 4.12. The van der Waals surface area contributed by atoms with Gasteiger partial charge in [0.25, 0.3) is 0 Å². The molecule has 0 heterocycles. The van der Waals surface area contributed by atoms with Crippen LogP contribution in [0.1, 0.15) is 52.4 Å². The summed E-state index contributed by atoms with van der Waals surface area (Å²) in [5.74, 6) is -0.795. The number of nitrogens with one attached hydrogen (secondary N) is 1. The van der Waals surface area contributed by atoms with E-state index in [-0.39, 0.29) is 6.10 Å². The summed E-state index contributed by atoms with van der Waals surface area (Å²) in [7, 11) is 1.75. The maximum absolute atomic E-state index is 11.3. The lowest BCUT2D eigenvalue weighted by Gasteiger charge is -2.29. The fourth-order valence-corrected chi connectivity index (χ4v) is 2.80. The summed E-state index contributed by atoms with van der Waals surface area (Å²) in [5.41, 5.74) is -0.847. The van der Waals surface area contributed by atoms with E-state index in [0.717, 1.165) is 32.1 Å². The Morgan fingerprint density at radius 1 is 1.40 bits per heavy atom. The van der Waals surface area contributed by atoms with Gasteiger partial charge < -0.3 is 19.9 Å². The van der Waals surface area contributed by atoms with E-state index in [0.29, 0.717) is 25.7 Å². The van der Waals surface area contributed by atoms with Crippen molar-refractivity contribution in [3.8, 4) is 0 Å². The Morgan fingerprint density at radius 3 is 2.70 bits per heavy atom. The minimum Gasteiger partial charge on any atom is -0.480 e. The Kier molecular flexibility index (Phi) is 7.48. The van der Waals surface area contributed by atoms with Gasteiger partial charge >= 0.3 is 5.97 Å². The SMILES string of the molecule is CCNC(C)(CCCOC1CCCC(OC)C1)C(=O)O. The minimum atomic E-state index is -0.847. The number of carboxylic acid groups (broad SMARTS) is 1. The van der Waals surface area contributed by atoms with Gasteiger partial charge in [-0.25, -0.2) is 0 Å². The largest absolute Gasteiger partial charge is 0.480 e. The molecule has 1 fully saturated rings. The fourth-order valence-electron chi connectivity index (χ4n) is 2.80. The zero-order valence-electron chi connectivity index (χ0n) is 13.0. The standard InChI is InChI=1S/C15H29NO4/c1-4-16-15(2,14(17)18)9-6-10-20-13-8-5-7-12(11-13)19-3/h12-13,16H,4-11H2,1-3H3,(H,17,18). The van der Waals surface area contributed by atoms with Crippen molar-refractivity contribution in [2.75, 3.05) is 20.3 Å². The minimum absolute atomic E-state index is 0.268. The van der Waals surface area contributed by atoms with E-state index in [4.69, 9.17) is 9.47 Å². The highest BCUT2D eigenvalue weighted by molar-refractivity contribution is 5.78. The van der Waals surface area contributed by atoms with Gasteiger partial charge in [0.15, 0.2) is 0 Å². The van der Waals surface area contributed by atoms with Crippen molar-refractivity contribution in [1.82, 2.24) is 5.32 Å². The van der Waals surface area contributed by atoms with Crippen LogP contribution in [0.2, 0.25) is 0 Å². The van der Waals surface area contributed by atoms with Gasteiger partial charge in [0.2, 0.25) is 0 Å². The van der Waals surface area contributed by atoms with Gasteiger partial charge in [0, 0.05) is 13.7 Å². The Hall–Kier alpha value is -0.650. The molecule has 20 heavy (non-hydrogen) atoms. The Balaban J connectivity index is 2.24. The molecule has 0 saturated heterocycles. The van der Waals surface area contributed by atoms with Gasteiger partial charge in [-0.15, -0.1) is 0 Å². The third-order valence-electron chi connectivity index (χ3n) is 4.12. The number of likely N-dealkylation sites (N-methyl/N-ethyl adjacent to an activating group) is 1. The molecule has 5 heteroatoms. The molecule has 0 radical (unpaired) electrons. The number of hydrogen-bond acceptors (Lipinski definition) is 4. The first kappa shape index (κ1) is 17.4. The second kappa shape index (κ2) is 8.60. The zero-order chi connectivity index (χ0) is 15.0. The van der Waals surface area contributed by atoms with E-state index in [9.17, 15) is 9.90 Å². The molecule has 1 rings (SSSR count). The average molecular weight is 287 g/mol. The molecule has 0 spiro atoms. The molecular formula is C15H29NO4. The molecule has 0 aromatic rings. The quantitative estimate of drug-likeness (QED) is 0.636. The number of methoxy groups -OCH3 is 1. The first-order valence-electron chi connectivity index (χ1n) is 7.64. The molecule has 0 amide bonds. The van der Waals surface area contributed by atoms with Crippen LogP contribution in [0.15, 0.2) is 0 Å². The lowest BCUT2D eigenvalue weighted by atomic mass is 9.94. The molecule has 0 aromatic carbocycles. The predicted molar refractivity (Wildman–Crippen MR) is 78.0 cm³/mol. The predicted octanol–water partition coefficient (Wildman–Crippen LogP) is 2.19. The van der Waals surface area contributed by atoms with Crippen molar-refractivity contribution in [1.29, 1.82) is 0 Å². The van der Waals surface area contributed by atoms with Crippen molar-refractivity contribution in [3.05, 3.63) is 0 Å². The van der Waals surface area contributed by atoms with Crippen LogP contribution in [0.25, 0.3) is 0 Å². The molecule has 1 saturated carbocycles. The number of aliphatic carboxylic acids is 1. The Labute approximate surface area is 122 Å². The first-order valence-corrected chi connectivity index (χ1v) is 7.64. The topological polar surface area (TPSA) is 67.8 Å². The van der Waals surface area contributed by atoms with Crippen LogP contribution >= 0.6 is 0 Å². The molecule has 5 nitrogen and oxygen atoms in total. The maximum Gasteiger partial charge on any atom is 0.323 e. The summed E-state index contributed by atoms with van der Waals surface area (Å²) >= 11 is 0. The molecule has 1 aliphatic rings. The summed E-state index contributed by atoms with van der Waals surface area (Å²) in [5, 5.41) is 12.3. The van der Waals surface area contributed by atoms with E-state index >= 15 is 0 Å². The van der Waals surface area contributed by atoms with Crippen LogP contribution in [0, 0.1) is 0 Å². The molecular weight excluding hydrogens is 258 g/mol. The maximum atomic E-state index is 11.3. The van der Waals surface area contributed by atoms with Crippen LogP contribution in [0.3, 0.4) is 0 Å². The second-order valence-corrected chi connectivity index (χ2v) is 5.79. The first-order chi connectivity index (χ1) is 9.51. The highest BCUT2D eigenvalue weighted by atomic mass is 16.5. The van der Waals surface area contributed by atoms with Crippen molar-refractivity contribution in [2.24, 2.45) is 0 Å². The van der Waals surface area contributed by atoms with Crippen LogP contribution in [-0.4, -0.2) is 49.1 Å². The van der Waals surface area contributed by atoms with Crippen LogP contribution in [-0.2, 0) is 14.3 Å². The molecule has 0 aliphatic heterocycles. The second-order valence-electron chi connectivity index (χ2n) is 5.79. The van der Waals surface area contributed by atoms with E-state index in [1.54, 1.807) is 14.0 Å². The molecule has 0 aromatic heterocycles. The molecule has 3 unspecified atom stereocenters. The van der Waals surface area contributed by atoms with Crippen LogP contribution in [0.5, 0.6) is 0 Å². The van der Waals surface area contributed by atoms with Crippen molar-refractivity contribution in [2.45, 2.75) is 70.1 Å². The normalized spacial score (nSPS) is 26.1. The smallest absolute Gasteiger partial charge is 0.323 e. The Morgan fingerprint density at radius 2 is 2.10 bits per heavy atom. The van der Waals surface area contributed by atoms with Crippen molar-refractivity contribution < 1.29 is 19.4 Å². The number of carbonyl (C=O) groups is 1. The summed E-state index contributed by atoms with van der Waals surface area (Å²) in [6.45, 7) is 4.93. The van der Waals surface area contributed by atoms with Crippen molar-refractivity contribution >= 4 is 5.97 Å². The molecule has 2 N–H and O–H groups in total. The van der Waals surface area contributed by atoms with E-state index in [2.05, 4.69) is 5.32 Å². The fraction of sp³-hybridized carbons (Fsp3) is 0.933. The van der Waals surface area contributed by atoms with Gasteiger partial charge in [-0.1, -0.05) is 6.92 Å². The summed E-state index contributed by atoms with van der Waals surface area (Å²) in [6.07, 6.45) is 6.23. The molecule has 3 atom stereocenters. The molecule has 1 aliphatic carbocycles. The molecule has 118 valence electrons. The summed E-state index contributed by atoms with van der Waals surface area (Å²) < 4.78 is 11.2. The number of hydrogen-bond donors (Lipinski definition) is 2. The highest BCUT2D eigenvalue weighted by Crippen LogP contribution is 2.23. The number of carboxylic acids is 1. The number of rotatable bonds is 9. The van der Waals surface area contributed by atoms with E-state index < -0.39 is 11.5 Å². The molecule has 0 bridgehead atoms. The zero-order valence-corrected chi connectivity index (χ0v) is 13.0. The van der Waals surface area contributed by atoms with Gasteiger partial charge in [-0.2, -0.15) is 0 Å². The summed E-state index contributed by atoms with van der Waals surface area (Å²) in [4.78, 5) is 11.3. The van der Waals surface area contributed by atoms with Crippen molar-refractivity contribution in [3.63, 3.8) is 0 Å².